The standard InChI is InChI=1S/C28H33N5O/c1-20-12-14-23(15-13-20)25-28(17-16-22-10-6-7-11-24(22)28)19-33(29-25)26-30-32(27(34)31(26)2)18-21-8-4-3-5-9-21/h6-7,10-15,21H,3-5,8-9,16-19H2,1-2H3/t28-/m1/s1. The van der Waals surface area contributed by atoms with E-state index in [2.05, 4.69) is 55.5 Å². The molecule has 0 bridgehead atoms. The molecule has 1 aromatic heterocycles. The largest absolute Gasteiger partial charge is 0.347 e. The summed E-state index contributed by atoms with van der Waals surface area (Å²) >= 11 is 0. The normalized spacial score (nSPS) is 22.4. The van der Waals surface area contributed by atoms with Gasteiger partial charge in [-0.1, -0.05) is 73.4 Å². The van der Waals surface area contributed by atoms with Crippen LogP contribution in [0.1, 0.15) is 60.8 Å². The zero-order chi connectivity index (χ0) is 23.3. The van der Waals surface area contributed by atoms with Crippen molar-refractivity contribution in [3.8, 4) is 0 Å². The Kier molecular flexibility index (Phi) is 5.19. The molecule has 1 aliphatic heterocycles. The second kappa shape index (κ2) is 8.26. The third-order valence-electron chi connectivity index (χ3n) is 8.18. The lowest BCUT2D eigenvalue weighted by Crippen LogP contribution is -2.37. The van der Waals surface area contributed by atoms with Crippen LogP contribution in [0.25, 0.3) is 0 Å². The minimum Gasteiger partial charge on any atom is -0.263 e. The molecular weight excluding hydrogens is 422 g/mol. The number of hydrazone groups is 1. The maximum atomic E-state index is 13.1. The van der Waals surface area contributed by atoms with Crippen LogP contribution < -0.4 is 10.7 Å². The van der Waals surface area contributed by atoms with E-state index in [0.29, 0.717) is 25.0 Å². The molecule has 2 aromatic carbocycles. The van der Waals surface area contributed by atoms with Crippen LogP contribution in [-0.2, 0) is 25.4 Å². The zero-order valence-corrected chi connectivity index (χ0v) is 20.2. The quantitative estimate of drug-likeness (QED) is 0.579. The predicted octanol–water partition coefficient (Wildman–Crippen LogP) is 4.58. The van der Waals surface area contributed by atoms with Crippen LogP contribution in [0.2, 0.25) is 0 Å². The van der Waals surface area contributed by atoms with Crippen molar-refractivity contribution in [1.82, 2.24) is 14.3 Å². The van der Waals surface area contributed by atoms with Gasteiger partial charge in [0.05, 0.1) is 17.7 Å². The van der Waals surface area contributed by atoms with E-state index >= 15 is 0 Å². The second-order valence-corrected chi connectivity index (χ2v) is 10.4. The Bertz CT molecular complexity index is 1300. The predicted molar refractivity (Wildman–Crippen MR) is 136 cm³/mol. The van der Waals surface area contributed by atoms with E-state index in [9.17, 15) is 4.79 Å². The van der Waals surface area contributed by atoms with Gasteiger partial charge in [0.2, 0.25) is 5.95 Å². The van der Waals surface area contributed by atoms with Gasteiger partial charge in [-0.15, -0.1) is 5.10 Å². The number of aryl methyl sites for hydroxylation is 2. The van der Waals surface area contributed by atoms with Crippen LogP contribution in [0.15, 0.2) is 58.4 Å². The summed E-state index contributed by atoms with van der Waals surface area (Å²) in [5, 5.41) is 12.0. The fourth-order valence-corrected chi connectivity index (χ4v) is 6.28. The molecule has 1 fully saturated rings. The van der Waals surface area contributed by atoms with E-state index in [1.807, 2.05) is 12.1 Å². The van der Waals surface area contributed by atoms with Crippen molar-refractivity contribution in [2.45, 2.75) is 63.8 Å². The number of fused-ring (bicyclic) bond motifs is 2. The van der Waals surface area contributed by atoms with Crippen LogP contribution in [0.3, 0.4) is 0 Å². The van der Waals surface area contributed by atoms with Gasteiger partial charge >= 0.3 is 5.69 Å². The van der Waals surface area contributed by atoms with Crippen molar-refractivity contribution in [1.29, 1.82) is 0 Å². The van der Waals surface area contributed by atoms with Crippen LogP contribution in [0.4, 0.5) is 5.95 Å². The van der Waals surface area contributed by atoms with E-state index in [1.165, 1.54) is 48.8 Å². The fourth-order valence-electron chi connectivity index (χ4n) is 6.28. The number of nitrogens with zero attached hydrogens (tertiary/aromatic N) is 5. The molecule has 0 unspecified atom stereocenters. The molecule has 6 rings (SSSR count). The summed E-state index contributed by atoms with van der Waals surface area (Å²) in [7, 11) is 1.83. The maximum Gasteiger partial charge on any atom is 0.347 e. The van der Waals surface area contributed by atoms with Gasteiger partial charge in [-0.25, -0.2) is 14.5 Å². The first-order valence-corrected chi connectivity index (χ1v) is 12.7. The third-order valence-corrected chi connectivity index (χ3v) is 8.18. The molecule has 176 valence electrons. The molecule has 2 heterocycles. The summed E-state index contributed by atoms with van der Waals surface area (Å²) in [6.45, 7) is 3.53. The molecule has 1 spiro atoms. The number of rotatable bonds is 4. The van der Waals surface area contributed by atoms with Gasteiger partial charge < -0.3 is 0 Å². The Balaban J connectivity index is 1.41. The van der Waals surface area contributed by atoms with Crippen LogP contribution in [0.5, 0.6) is 0 Å². The molecule has 0 N–H and O–H groups in total. The van der Waals surface area contributed by atoms with Gasteiger partial charge in [-0.3, -0.25) is 4.57 Å². The average molecular weight is 456 g/mol. The molecule has 6 nitrogen and oxygen atoms in total. The Labute approximate surface area is 200 Å². The highest BCUT2D eigenvalue weighted by Gasteiger charge is 2.49. The van der Waals surface area contributed by atoms with E-state index < -0.39 is 0 Å². The summed E-state index contributed by atoms with van der Waals surface area (Å²) in [4.78, 5) is 13.1. The molecular formula is C28H33N5O. The highest BCUT2D eigenvalue weighted by atomic mass is 16.2. The Morgan fingerprint density at radius 2 is 1.79 bits per heavy atom. The summed E-state index contributed by atoms with van der Waals surface area (Å²) in [5.41, 5.74) is 6.02. The molecule has 3 aliphatic rings. The van der Waals surface area contributed by atoms with Gasteiger partial charge in [0.1, 0.15) is 0 Å². The van der Waals surface area contributed by atoms with Crippen molar-refractivity contribution < 1.29 is 0 Å². The monoisotopic (exact) mass is 455 g/mol. The first-order valence-electron chi connectivity index (χ1n) is 12.7. The minimum absolute atomic E-state index is 0.0413. The second-order valence-electron chi connectivity index (χ2n) is 10.4. The van der Waals surface area contributed by atoms with Gasteiger partial charge in [-0.2, -0.15) is 5.10 Å². The molecule has 0 radical (unpaired) electrons. The van der Waals surface area contributed by atoms with Crippen LogP contribution in [-0.4, -0.2) is 26.6 Å². The lowest BCUT2D eigenvalue weighted by Gasteiger charge is -2.27. The number of hydrogen-bond donors (Lipinski definition) is 0. The minimum atomic E-state index is -0.185. The summed E-state index contributed by atoms with van der Waals surface area (Å²) in [5.74, 6) is 1.19. The summed E-state index contributed by atoms with van der Waals surface area (Å²) < 4.78 is 3.36. The molecule has 3 aromatic rings. The fraction of sp³-hybridized carbons (Fsp3) is 0.464. The highest BCUT2D eigenvalue weighted by molar-refractivity contribution is 6.11. The van der Waals surface area contributed by atoms with Crippen molar-refractivity contribution in [3.63, 3.8) is 0 Å². The first-order chi connectivity index (χ1) is 16.5. The molecule has 1 atom stereocenters. The maximum absolute atomic E-state index is 13.1. The molecule has 0 amide bonds. The van der Waals surface area contributed by atoms with E-state index in [1.54, 1.807) is 9.25 Å². The molecule has 34 heavy (non-hydrogen) atoms. The van der Waals surface area contributed by atoms with Crippen LogP contribution >= 0.6 is 0 Å². The SMILES string of the molecule is Cc1ccc(C2=NN(c3nn(CC4CCCCC4)c(=O)n3C)C[C@@]23CCc2ccccc23)cc1. The number of hydrogen-bond acceptors (Lipinski definition) is 4. The highest BCUT2D eigenvalue weighted by Crippen LogP contribution is 2.46. The Morgan fingerprint density at radius 3 is 2.59 bits per heavy atom. The van der Waals surface area contributed by atoms with Gasteiger partial charge in [-0.05, 0) is 55.2 Å². The summed E-state index contributed by atoms with van der Waals surface area (Å²) in [6.07, 6.45) is 8.28. The Morgan fingerprint density at radius 1 is 1.03 bits per heavy atom. The molecule has 6 heteroatoms. The number of benzene rings is 2. The van der Waals surface area contributed by atoms with Gasteiger partial charge in [0, 0.05) is 13.6 Å². The van der Waals surface area contributed by atoms with Crippen molar-refractivity contribution in [2.75, 3.05) is 11.6 Å². The smallest absolute Gasteiger partial charge is 0.263 e. The van der Waals surface area contributed by atoms with E-state index in [-0.39, 0.29) is 11.1 Å². The van der Waals surface area contributed by atoms with Gasteiger partial charge in [0.15, 0.2) is 0 Å². The van der Waals surface area contributed by atoms with Gasteiger partial charge in [0.25, 0.3) is 0 Å². The topological polar surface area (TPSA) is 55.4 Å². The Hall–Kier alpha value is -3.15. The molecule has 2 aliphatic carbocycles. The summed E-state index contributed by atoms with van der Waals surface area (Å²) in [6, 6.07) is 17.4. The zero-order valence-electron chi connectivity index (χ0n) is 20.2. The lowest BCUT2D eigenvalue weighted by molar-refractivity contribution is 0.304. The first kappa shape index (κ1) is 21.4. The molecule has 1 saturated carbocycles. The van der Waals surface area contributed by atoms with Crippen molar-refractivity contribution in [3.05, 3.63) is 81.3 Å². The van der Waals surface area contributed by atoms with E-state index in [0.717, 1.165) is 24.1 Å². The lowest BCUT2D eigenvalue weighted by atomic mass is 9.75. The average Bonchev–Trinajstić information content (AvgIpc) is 3.51. The van der Waals surface area contributed by atoms with Crippen molar-refractivity contribution >= 4 is 11.7 Å². The molecule has 0 saturated heterocycles. The van der Waals surface area contributed by atoms with Crippen molar-refractivity contribution in [2.24, 2.45) is 18.1 Å². The van der Waals surface area contributed by atoms with E-state index in [4.69, 9.17) is 10.2 Å². The third kappa shape index (κ3) is 3.42. The van der Waals surface area contributed by atoms with Crippen LogP contribution in [0, 0.1) is 12.8 Å². The number of aromatic nitrogens is 3. The number of anilines is 1.